The summed E-state index contributed by atoms with van der Waals surface area (Å²) in [5.41, 5.74) is 2.34. The van der Waals surface area contributed by atoms with E-state index in [0.717, 1.165) is 10.9 Å². The van der Waals surface area contributed by atoms with Gasteiger partial charge in [0.25, 0.3) is 5.91 Å². The van der Waals surface area contributed by atoms with Crippen LogP contribution in [0.1, 0.15) is 21.7 Å². The summed E-state index contributed by atoms with van der Waals surface area (Å²) in [6.45, 7) is 3.51. The summed E-state index contributed by atoms with van der Waals surface area (Å²) in [6, 6.07) is 12.1. The second-order valence-corrected chi connectivity index (χ2v) is 7.55. The van der Waals surface area contributed by atoms with Crippen molar-refractivity contribution in [1.29, 1.82) is 0 Å². The number of nitrogens with one attached hydrogen (secondary N) is 2. The molecule has 1 heterocycles. The maximum Gasteiger partial charge on any atom is 0.291 e. The Morgan fingerprint density at radius 1 is 1.08 bits per heavy atom. The molecule has 130 valence electrons. The molecule has 0 aliphatic carbocycles. The van der Waals surface area contributed by atoms with E-state index < -0.39 is 15.9 Å². The number of hydrogen-bond acceptors (Lipinski definition) is 4. The number of carbonyl (C=O) groups excluding carboxylic acids is 1. The Morgan fingerprint density at radius 2 is 1.80 bits per heavy atom. The van der Waals surface area contributed by atoms with Gasteiger partial charge in [0, 0.05) is 16.6 Å². The zero-order valence-corrected chi connectivity index (χ0v) is 14.9. The molecule has 0 aliphatic rings. The highest BCUT2D eigenvalue weighted by molar-refractivity contribution is 7.89. The van der Waals surface area contributed by atoms with Crippen molar-refractivity contribution in [3.63, 3.8) is 0 Å². The number of anilines is 1. The molecule has 7 heteroatoms. The number of furan rings is 1. The van der Waals surface area contributed by atoms with E-state index in [4.69, 9.17) is 4.42 Å². The van der Waals surface area contributed by atoms with Crippen molar-refractivity contribution in [2.24, 2.45) is 0 Å². The quantitative estimate of drug-likeness (QED) is 0.749. The molecule has 0 bridgehead atoms. The lowest BCUT2D eigenvalue weighted by Gasteiger charge is -2.10. The highest BCUT2D eigenvalue weighted by Crippen LogP contribution is 2.26. The maximum absolute atomic E-state index is 12.6. The van der Waals surface area contributed by atoms with Crippen molar-refractivity contribution in [3.8, 4) is 0 Å². The Morgan fingerprint density at radius 3 is 2.48 bits per heavy atom. The first-order valence-corrected chi connectivity index (χ1v) is 9.15. The zero-order valence-electron chi connectivity index (χ0n) is 14.1. The van der Waals surface area contributed by atoms with Gasteiger partial charge in [-0.1, -0.05) is 24.3 Å². The van der Waals surface area contributed by atoms with E-state index in [1.54, 1.807) is 25.1 Å². The molecule has 3 rings (SSSR count). The van der Waals surface area contributed by atoms with E-state index in [9.17, 15) is 13.2 Å². The predicted octanol–water partition coefficient (Wildman–Crippen LogP) is 3.21. The lowest BCUT2D eigenvalue weighted by atomic mass is 10.1. The Kier molecular flexibility index (Phi) is 4.36. The molecular formula is C18H18N2O4S. The Balaban J connectivity index is 1.95. The molecule has 3 aromatic rings. The first-order valence-electron chi connectivity index (χ1n) is 7.67. The van der Waals surface area contributed by atoms with Crippen LogP contribution in [0.4, 0.5) is 5.69 Å². The Bertz CT molecular complexity index is 1070. The molecule has 2 aromatic carbocycles. The number of hydrogen-bond donors (Lipinski definition) is 2. The summed E-state index contributed by atoms with van der Waals surface area (Å²) in [4.78, 5) is 12.7. The molecule has 0 unspecified atom stereocenters. The van der Waals surface area contributed by atoms with E-state index in [-0.39, 0.29) is 10.7 Å². The van der Waals surface area contributed by atoms with Gasteiger partial charge in [0.2, 0.25) is 10.0 Å². The highest BCUT2D eigenvalue weighted by atomic mass is 32.2. The van der Waals surface area contributed by atoms with Crippen LogP contribution in [0.5, 0.6) is 0 Å². The average Bonchev–Trinajstić information content (AvgIpc) is 2.94. The van der Waals surface area contributed by atoms with Crippen molar-refractivity contribution in [2.45, 2.75) is 18.7 Å². The summed E-state index contributed by atoms with van der Waals surface area (Å²) in [7, 11) is -2.26. The lowest BCUT2D eigenvalue weighted by Crippen LogP contribution is -2.20. The van der Waals surface area contributed by atoms with Gasteiger partial charge in [-0.05, 0) is 44.7 Å². The number of carbonyl (C=O) groups is 1. The number of fused-ring (bicyclic) bond motifs is 1. The minimum absolute atomic E-state index is 0.120. The second kappa shape index (κ2) is 6.34. The van der Waals surface area contributed by atoms with Gasteiger partial charge in [0.05, 0.1) is 4.90 Å². The fourth-order valence-electron chi connectivity index (χ4n) is 2.66. The van der Waals surface area contributed by atoms with Gasteiger partial charge in [0.15, 0.2) is 5.76 Å². The summed E-state index contributed by atoms with van der Waals surface area (Å²) >= 11 is 0. The monoisotopic (exact) mass is 358 g/mol. The Hall–Kier alpha value is -2.64. The van der Waals surface area contributed by atoms with Crippen LogP contribution >= 0.6 is 0 Å². The summed E-state index contributed by atoms with van der Waals surface area (Å²) < 4.78 is 32.0. The first-order chi connectivity index (χ1) is 11.8. The second-order valence-electron chi connectivity index (χ2n) is 5.69. The highest BCUT2D eigenvalue weighted by Gasteiger charge is 2.19. The lowest BCUT2D eigenvalue weighted by molar-refractivity contribution is 0.0998. The average molecular weight is 358 g/mol. The van der Waals surface area contributed by atoms with Crippen LogP contribution in [-0.2, 0) is 10.0 Å². The van der Waals surface area contributed by atoms with Crippen molar-refractivity contribution in [2.75, 3.05) is 12.4 Å². The minimum atomic E-state index is -3.61. The predicted molar refractivity (Wildman–Crippen MR) is 96.3 cm³/mol. The summed E-state index contributed by atoms with van der Waals surface area (Å²) in [6.07, 6.45) is 0. The first kappa shape index (κ1) is 17.2. The van der Waals surface area contributed by atoms with E-state index in [0.29, 0.717) is 16.8 Å². The number of amides is 1. The van der Waals surface area contributed by atoms with Crippen molar-refractivity contribution in [1.82, 2.24) is 4.72 Å². The maximum atomic E-state index is 12.6. The van der Waals surface area contributed by atoms with Crippen LogP contribution in [0.25, 0.3) is 11.0 Å². The van der Waals surface area contributed by atoms with Gasteiger partial charge in [-0.3, -0.25) is 4.79 Å². The van der Waals surface area contributed by atoms with Crippen molar-refractivity contribution < 1.29 is 17.6 Å². The normalized spacial score (nSPS) is 11.6. The standard InChI is InChI=1S/C18H18N2O4S/c1-11-8-9-13(10-16(11)25(22,23)19-3)20-18(21)17-12(2)14-6-4-5-7-15(14)24-17/h4-10,19H,1-3H3,(H,20,21). The molecule has 1 aromatic heterocycles. The largest absolute Gasteiger partial charge is 0.451 e. The van der Waals surface area contributed by atoms with E-state index in [1.165, 1.54) is 13.1 Å². The third-order valence-electron chi connectivity index (χ3n) is 4.05. The van der Waals surface area contributed by atoms with E-state index in [1.807, 2.05) is 25.1 Å². The SMILES string of the molecule is CNS(=O)(=O)c1cc(NC(=O)c2oc3ccccc3c2C)ccc1C. The third kappa shape index (κ3) is 3.16. The van der Waals surface area contributed by atoms with Gasteiger partial charge in [-0.25, -0.2) is 13.1 Å². The smallest absolute Gasteiger partial charge is 0.291 e. The van der Waals surface area contributed by atoms with Crippen LogP contribution in [-0.4, -0.2) is 21.4 Å². The topological polar surface area (TPSA) is 88.4 Å². The Labute approximate surface area is 145 Å². The number of aryl methyl sites for hydroxylation is 2. The van der Waals surface area contributed by atoms with Crippen LogP contribution in [0, 0.1) is 13.8 Å². The van der Waals surface area contributed by atoms with Gasteiger partial charge in [-0.2, -0.15) is 0 Å². The molecule has 1 amide bonds. The van der Waals surface area contributed by atoms with Crippen molar-refractivity contribution >= 4 is 32.6 Å². The molecule has 0 saturated heterocycles. The number of rotatable bonds is 4. The fraction of sp³-hybridized carbons (Fsp3) is 0.167. The number of sulfonamides is 1. The third-order valence-corrected chi connectivity index (χ3v) is 5.61. The molecule has 6 nitrogen and oxygen atoms in total. The van der Waals surface area contributed by atoms with Gasteiger partial charge in [-0.15, -0.1) is 0 Å². The van der Waals surface area contributed by atoms with Gasteiger partial charge < -0.3 is 9.73 Å². The molecule has 25 heavy (non-hydrogen) atoms. The number of benzene rings is 2. The summed E-state index contributed by atoms with van der Waals surface area (Å²) in [5, 5.41) is 3.57. The molecule has 0 fully saturated rings. The molecule has 2 N–H and O–H groups in total. The molecule has 0 radical (unpaired) electrons. The molecular weight excluding hydrogens is 340 g/mol. The van der Waals surface area contributed by atoms with Crippen molar-refractivity contribution in [3.05, 3.63) is 59.4 Å². The fourth-order valence-corrected chi connectivity index (χ4v) is 3.65. The van der Waals surface area contributed by atoms with Gasteiger partial charge in [0.1, 0.15) is 5.58 Å². The van der Waals surface area contributed by atoms with Crippen LogP contribution < -0.4 is 10.0 Å². The van der Waals surface area contributed by atoms with Crippen LogP contribution in [0.2, 0.25) is 0 Å². The molecule has 0 spiro atoms. The van der Waals surface area contributed by atoms with E-state index in [2.05, 4.69) is 10.0 Å². The van der Waals surface area contributed by atoms with Gasteiger partial charge >= 0.3 is 0 Å². The van der Waals surface area contributed by atoms with Crippen LogP contribution in [0.3, 0.4) is 0 Å². The molecule has 0 aliphatic heterocycles. The van der Waals surface area contributed by atoms with E-state index >= 15 is 0 Å². The molecule has 0 atom stereocenters. The van der Waals surface area contributed by atoms with Crippen LogP contribution in [0.15, 0.2) is 51.8 Å². The summed E-state index contributed by atoms with van der Waals surface area (Å²) in [5.74, 6) is -0.217. The number of para-hydroxylation sites is 1. The molecule has 0 saturated carbocycles. The zero-order chi connectivity index (χ0) is 18.2. The minimum Gasteiger partial charge on any atom is -0.451 e.